The molecule has 2 nitrogen and oxygen atoms in total. The first kappa shape index (κ1) is 11.7. The van der Waals surface area contributed by atoms with Crippen LogP contribution >= 0.6 is 0 Å². The molecular formula is C14H24N2. The van der Waals surface area contributed by atoms with Crippen LogP contribution < -0.4 is 5.32 Å². The molecule has 16 heavy (non-hydrogen) atoms. The average Bonchev–Trinajstić information content (AvgIpc) is 2.98. The Balaban J connectivity index is 1.76. The number of aromatic nitrogens is 1. The maximum Gasteiger partial charge on any atom is 0.0245 e. The molecule has 0 amide bonds. The molecule has 1 heterocycles. The van der Waals surface area contributed by atoms with Crippen LogP contribution in [0.15, 0.2) is 18.5 Å². The highest BCUT2D eigenvalue weighted by Gasteiger charge is 2.19. The Labute approximate surface area is 99.0 Å². The predicted molar refractivity (Wildman–Crippen MR) is 68.4 cm³/mol. The van der Waals surface area contributed by atoms with Crippen molar-refractivity contribution >= 4 is 0 Å². The van der Waals surface area contributed by atoms with Crippen molar-refractivity contribution in [1.29, 1.82) is 0 Å². The Morgan fingerprint density at radius 1 is 1.50 bits per heavy atom. The molecule has 0 saturated heterocycles. The standard InChI is InChI=1S/C14H24N2/c1-3-4-12(2)10-16-8-7-13(11-16)9-15-14-5-6-14/h7-8,11-12,14-15H,3-6,9-10H2,1-2H3. The minimum absolute atomic E-state index is 0.793. The van der Waals surface area contributed by atoms with Crippen molar-refractivity contribution in [3.05, 3.63) is 24.0 Å². The molecule has 1 atom stereocenters. The van der Waals surface area contributed by atoms with E-state index in [1.54, 1.807) is 0 Å². The normalized spacial score (nSPS) is 17.6. The highest BCUT2D eigenvalue weighted by molar-refractivity contribution is 5.10. The predicted octanol–water partition coefficient (Wildman–Crippen LogP) is 3.18. The van der Waals surface area contributed by atoms with Crippen molar-refractivity contribution in [3.8, 4) is 0 Å². The summed E-state index contributed by atoms with van der Waals surface area (Å²) >= 11 is 0. The lowest BCUT2D eigenvalue weighted by Crippen LogP contribution is -2.14. The topological polar surface area (TPSA) is 17.0 Å². The third kappa shape index (κ3) is 3.67. The Morgan fingerprint density at radius 2 is 2.31 bits per heavy atom. The zero-order chi connectivity index (χ0) is 11.4. The molecule has 0 aliphatic heterocycles. The van der Waals surface area contributed by atoms with E-state index in [2.05, 4.69) is 42.2 Å². The molecule has 2 rings (SSSR count). The monoisotopic (exact) mass is 220 g/mol. The summed E-state index contributed by atoms with van der Waals surface area (Å²) in [7, 11) is 0. The van der Waals surface area contributed by atoms with E-state index in [-0.39, 0.29) is 0 Å². The minimum atomic E-state index is 0.793. The van der Waals surface area contributed by atoms with Crippen molar-refractivity contribution in [3.63, 3.8) is 0 Å². The fourth-order valence-corrected chi connectivity index (χ4v) is 2.20. The molecule has 2 heteroatoms. The van der Waals surface area contributed by atoms with Gasteiger partial charge in [-0.2, -0.15) is 0 Å². The molecule has 1 aromatic heterocycles. The van der Waals surface area contributed by atoms with Gasteiger partial charge >= 0.3 is 0 Å². The molecule has 0 bridgehead atoms. The quantitative estimate of drug-likeness (QED) is 0.747. The van der Waals surface area contributed by atoms with E-state index in [9.17, 15) is 0 Å². The van der Waals surface area contributed by atoms with Gasteiger partial charge in [-0.05, 0) is 36.8 Å². The van der Waals surface area contributed by atoms with Gasteiger partial charge in [-0.3, -0.25) is 0 Å². The SMILES string of the molecule is CCCC(C)Cn1ccc(CNC2CC2)c1. The summed E-state index contributed by atoms with van der Waals surface area (Å²) in [5.41, 5.74) is 1.43. The first-order valence-corrected chi connectivity index (χ1v) is 6.66. The van der Waals surface area contributed by atoms with E-state index in [4.69, 9.17) is 0 Å². The highest BCUT2D eigenvalue weighted by atomic mass is 15.0. The Kier molecular flexibility index (Phi) is 4.05. The van der Waals surface area contributed by atoms with Gasteiger partial charge in [-0.1, -0.05) is 20.3 Å². The summed E-state index contributed by atoms with van der Waals surface area (Å²) in [5, 5.41) is 3.55. The molecular weight excluding hydrogens is 196 g/mol. The molecule has 1 aliphatic rings. The molecule has 0 spiro atoms. The highest BCUT2D eigenvalue weighted by Crippen LogP contribution is 2.19. The van der Waals surface area contributed by atoms with Crippen molar-refractivity contribution in [2.24, 2.45) is 5.92 Å². The maximum atomic E-state index is 3.55. The zero-order valence-electron chi connectivity index (χ0n) is 10.6. The van der Waals surface area contributed by atoms with Crippen LogP contribution in [0.4, 0.5) is 0 Å². The molecule has 0 aromatic carbocycles. The zero-order valence-corrected chi connectivity index (χ0v) is 10.6. The lowest BCUT2D eigenvalue weighted by Gasteiger charge is -2.10. The van der Waals surface area contributed by atoms with Gasteiger partial charge in [0.05, 0.1) is 0 Å². The van der Waals surface area contributed by atoms with Crippen molar-refractivity contribution < 1.29 is 0 Å². The Morgan fingerprint density at radius 3 is 3.00 bits per heavy atom. The maximum absolute atomic E-state index is 3.55. The summed E-state index contributed by atoms with van der Waals surface area (Å²) in [4.78, 5) is 0. The largest absolute Gasteiger partial charge is 0.354 e. The van der Waals surface area contributed by atoms with Crippen LogP contribution in [0.25, 0.3) is 0 Å². The van der Waals surface area contributed by atoms with Gasteiger partial charge in [0.25, 0.3) is 0 Å². The van der Waals surface area contributed by atoms with E-state index in [0.717, 1.165) is 25.0 Å². The number of nitrogens with one attached hydrogen (secondary N) is 1. The smallest absolute Gasteiger partial charge is 0.0245 e. The Bertz CT molecular complexity index is 312. The van der Waals surface area contributed by atoms with Crippen LogP contribution in [0.3, 0.4) is 0 Å². The third-order valence-corrected chi connectivity index (χ3v) is 3.29. The van der Waals surface area contributed by atoms with Gasteiger partial charge in [0.1, 0.15) is 0 Å². The molecule has 1 fully saturated rings. The van der Waals surface area contributed by atoms with Crippen LogP contribution in [-0.4, -0.2) is 10.6 Å². The first-order valence-electron chi connectivity index (χ1n) is 6.66. The van der Waals surface area contributed by atoms with E-state index in [0.29, 0.717) is 0 Å². The fraction of sp³-hybridized carbons (Fsp3) is 0.714. The van der Waals surface area contributed by atoms with Gasteiger partial charge in [-0.15, -0.1) is 0 Å². The van der Waals surface area contributed by atoms with Gasteiger partial charge in [0, 0.05) is 31.5 Å². The average molecular weight is 220 g/mol. The number of nitrogens with zero attached hydrogens (tertiary/aromatic N) is 1. The van der Waals surface area contributed by atoms with Gasteiger partial charge in [0.2, 0.25) is 0 Å². The molecule has 1 unspecified atom stereocenters. The van der Waals surface area contributed by atoms with E-state index < -0.39 is 0 Å². The first-order chi connectivity index (χ1) is 7.78. The fourth-order valence-electron chi connectivity index (χ4n) is 2.20. The second-order valence-electron chi connectivity index (χ2n) is 5.27. The number of rotatable bonds is 7. The molecule has 1 aliphatic carbocycles. The summed E-state index contributed by atoms with van der Waals surface area (Å²) in [6.45, 7) is 6.81. The van der Waals surface area contributed by atoms with Crippen LogP contribution in [-0.2, 0) is 13.1 Å². The summed E-state index contributed by atoms with van der Waals surface area (Å²) in [6, 6.07) is 3.05. The second-order valence-corrected chi connectivity index (χ2v) is 5.27. The molecule has 1 aromatic rings. The molecule has 1 N–H and O–H groups in total. The van der Waals surface area contributed by atoms with E-state index in [1.165, 1.54) is 31.2 Å². The number of hydrogen-bond acceptors (Lipinski definition) is 1. The summed E-state index contributed by atoms with van der Waals surface area (Å²) in [5.74, 6) is 0.793. The Hall–Kier alpha value is -0.760. The summed E-state index contributed by atoms with van der Waals surface area (Å²) in [6.07, 6.45) is 9.87. The van der Waals surface area contributed by atoms with Crippen molar-refractivity contribution in [1.82, 2.24) is 9.88 Å². The van der Waals surface area contributed by atoms with E-state index in [1.807, 2.05) is 0 Å². The van der Waals surface area contributed by atoms with E-state index >= 15 is 0 Å². The van der Waals surface area contributed by atoms with Gasteiger partial charge in [0.15, 0.2) is 0 Å². The van der Waals surface area contributed by atoms with Crippen LogP contribution in [0.5, 0.6) is 0 Å². The van der Waals surface area contributed by atoms with Gasteiger partial charge in [-0.25, -0.2) is 0 Å². The van der Waals surface area contributed by atoms with Gasteiger partial charge < -0.3 is 9.88 Å². The summed E-state index contributed by atoms with van der Waals surface area (Å²) < 4.78 is 2.34. The molecule has 0 radical (unpaired) electrons. The van der Waals surface area contributed by atoms with Crippen LogP contribution in [0.2, 0.25) is 0 Å². The van der Waals surface area contributed by atoms with Crippen molar-refractivity contribution in [2.45, 2.75) is 58.7 Å². The minimum Gasteiger partial charge on any atom is -0.354 e. The lowest BCUT2D eigenvalue weighted by atomic mass is 10.1. The number of hydrogen-bond donors (Lipinski definition) is 1. The lowest BCUT2D eigenvalue weighted by molar-refractivity contribution is 0.446. The van der Waals surface area contributed by atoms with Crippen LogP contribution in [0, 0.1) is 5.92 Å². The second kappa shape index (κ2) is 5.53. The molecule has 1 saturated carbocycles. The third-order valence-electron chi connectivity index (χ3n) is 3.29. The van der Waals surface area contributed by atoms with Crippen molar-refractivity contribution in [2.75, 3.05) is 0 Å². The van der Waals surface area contributed by atoms with Crippen LogP contribution in [0.1, 0.15) is 45.1 Å². The molecule has 90 valence electrons.